The zero-order valence-corrected chi connectivity index (χ0v) is 11.1. The second kappa shape index (κ2) is 6.36. The van der Waals surface area contributed by atoms with Crippen LogP contribution in [0.25, 0.3) is 0 Å². The number of esters is 2. The third-order valence-electron chi connectivity index (χ3n) is 3.35. The predicted octanol–water partition coefficient (Wildman–Crippen LogP) is 2.96. The van der Waals surface area contributed by atoms with Crippen molar-refractivity contribution in [2.24, 2.45) is 0 Å². The molecule has 102 valence electrons. The van der Waals surface area contributed by atoms with Gasteiger partial charge in [-0.3, -0.25) is 0 Å². The molecule has 1 aliphatic carbocycles. The van der Waals surface area contributed by atoms with Crippen molar-refractivity contribution in [3.05, 3.63) is 35.4 Å². The first-order valence-corrected chi connectivity index (χ1v) is 6.60. The van der Waals surface area contributed by atoms with Gasteiger partial charge in [-0.2, -0.15) is 0 Å². The molecule has 1 fully saturated rings. The summed E-state index contributed by atoms with van der Waals surface area (Å²) in [5, 5.41) is 0. The molecule has 0 heterocycles. The molecule has 1 aromatic carbocycles. The van der Waals surface area contributed by atoms with E-state index in [0.717, 1.165) is 25.7 Å². The Morgan fingerprint density at radius 3 is 2.32 bits per heavy atom. The third kappa shape index (κ3) is 3.56. The molecule has 0 bridgehead atoms. The summed E-state index contributed by atoms with van der Waals surface area (Å²) in [5.41, 5.74) is 0.758. The quantitative estimate of drug-likeness (QED) is 0.786. The van der Waals surface area contributed by atoms with Gasteiger partial charge in [0.1, 0.15) is 6.10 Å². The van der Waals surface area contributed by atoms with E-state index in [4.69, 9.17) is 4.74 Å². The van der Waals surface area contributed by atoms with Crippen molar-refractivity contribution in [2.45, 2.75) is 38.2 Å². The zero-order valence-electron chi connectivity index (χ0n) is 11.1. The lowest BCUT2D eigenvalue weighted by molar-refractivity contribution is 0.0211. The van der Waals surface area contributed by atoms with Gasteiger partial charge in [0.05, 0.1) is 18.2 Å². The van der Waals surface area contributed by atoms with E-state index in [1.165, 1.54) is 19.6 Å². The lowest BCUT2D eigenvalue weighted by Crippen LogP contribution is -2.21. The fraction of sp³-hybridized carbons (Fsp3) is 0.467. The molecule has 0 radical (unpaired) electrons. The largest absolute Gasteiger partial charge is 0.465 e. The Morgan fingerprint density at radius 2 is 1.68 bits per heavy atom. The SMILES string of the molecule is COC(=O)c1cccc(C(=O)OC2CCCCC2)c1. The normalized spacial score (nSPS) is 15.8. The summed E-state index contributed by atoms with van der Waals surface area (Å²) in [6.45, 7) is 0. The maximum absolute atomic E-state index is 12.0. The van der Waals surface area contributed by atoms with Crippen molar-refractivity contribution in [1.29, 1.82) is 0 Å². The summed E-state index contributed by atoms with van der Waals surface area (Å²) >= 11 is 0. The number of hydrogen-bond donors (Lipinski definition) is 0. The van der Waals surface area contributed by atoms with Crippen LogP contribution in [-0.4, -0.2) is 25.2 Å². The highest BCUT2D eigenvalue weighted by molar-refractivity contribution is 5.95. The Hall–Kier alpha value is -1.84. The van der Waals surface area contributed by atoms with E-state index in [1.54, 1.807) is 18.2 Å². The molecule has 0 aliphatic heterocycles. The highest BCUT2D eigenvalue weighted by Gasteiger charge is 2.19. The van der Waals surface area contributed by atoms with Crippen LogP contribution in [0.1, 0.15) is 52.8 Å². The Bertz CT molecular complexity index is 461. The minimum Gasteiger partial charge on any atom is -0.465 e. The van der Waals surface area contributed by atoms with E-state index in [2.05, 4.69) is 4.74 Å². The van der Waals surface area contributed by atoms with E-state index in [1.807, 2.05) is 0 Å². The molecule has 0 spiro atoms. The molecule has 1 saturated carbocycles. The molecular weight excluding hydrogens is 244 g/mol. The van der Waals surface area contributed by atoms with Crippen molar-refractivity contribution >= 4 is 11.9 Å². The van der Waals surface area contributed by atoms with Crippen molar-refractivity contribution in [3.8, 4) is 0 Å². The van der Waals surface area contributed by atoms with Crippen LogP contribution < -0.4 is 0 Å². The topological polar surface area (TPSA) is 52.6 Å². The van der Waals surface area contributed by atoms with Crippen LogP contribution in [-0.2, 0) is 9.47 Å². The molecule has 0 atom stereocenters. The molecular formula is C15H18O4. The molecule has 0 N–H and O–H groups in total. The lowest BCUT2D eigenvalue weighted by Gasteiger charge is -2.21. The Kier molecular flexibility index (Phi) is 4.55. The summed E-state index contributed by atoms with van der Waals surface area (Å²) in [5.74, 6) is -0.815. The van der Waals surface area contributed by atoms with Crippen LogP contribution in [0.5, 0.6) is 0 Å². The molecule has 19 heavy (non-hydrogen) atoms. The van der Waals surface area contributed by atoms with Crippen LogP contribution in [0.2, 0.25) is 0 Å². The minimum atomic E-state index is -0.452. The number of carbonyl (C=O) groups is 2. The molecule has 2 rings (SSSR count). The van der Waals surface area contributed by atoms with E-state index in [9.17, 15) is 9.59 Å². The van der Waals surface area contributed by atoms with Gasteiger partial charge in [0.15, 0.2) is 0 Å². The van der Waals surface area contributed by atoms with Gasteiger partial charge >= 0.3 is 11.9 Å². The second-order valence-corrected chi connectivity index (χ2v) is 4.74. The van der Waals surface area contributed by atoms with Crippen molar-refractivity contribution < 1.29 is 19.1 Å². The summed E-state index contributed by atoms with van der Waals surface area (Å²) in [6.07, 6.45) is 5.32. The van der Waals surface area contributed by atoms with Gasteiger partial charge in [-0.15, -0.1) is 0 Å². The Labute approximate surface area is 112 Å². The van der Waals surface area contributed by atoms with E-state index < -0.39 is 5.97 Å². The number of benzene rings is 1. The molecule has 0 unspecified atom stereocenters. The number of hydrogen-bond acceptors (Lipinski definition) is 4. The van der Waals surface area contributed by atoms with Gasteiger partial charge in [-0.1, -0.05) is 12.5 Å². The first-order chi connectivity index (χ1) is 9.20. The highest BCUT2D eigenvalue weighted by Crippen LogP contribution is 2.21. The van der Waals surface area contributed by atoms with Crippen LogP contribution >= 0.6 is 0 Å². The van der Waals surface area contributed by atoms with Crippen LogP contribution in [0.3, 0.4) is 0 Å². The van der Waals surface area contributed by atoms with Gasteiger partial charge in [-0.05, 0) is 43.9 Å². The number of methoxy groups -OCH3 is 1. The van der Waals surface area contributed by atoms with Gasteiger partial charge in [0, 0.05) is 0 Å². The standard InChI is InChI=1S/C15H18O4/c1-18-14(16)11-6-5-7-12(10-11)15(17)19-13-8-3-2-4-9-13/h5-7,10,13H,2-4,8-9H2,1H3. The van der Waals surface area contributed by atoms with Crippen molar-refractivity contribution in [3.63, 3.8) is 0 Å². The van der Waals surface area contributed by atoms with Crippen molar-refractivity contribution in [2.75, 3.05) is 7.11 Å². The average molecular weight is 262 g/mol. The number of carbonyl (C=O) groups excluding carboxylic acids is 2. The summed E-state index contributed by atoms with van der Waals surface area (Å²) in [7, 11) is 1.31. The third-order valence-corrected chi connectivity index (χ3v) is 3.35. The van der Waals surface area contributed by atoms with Crippen LogP contribution in [0, 0.1) is 0 Å². The summed E-state index contributed by atoms with van der Waals surface area (Å²) in [6, 6.07) is 6.43. The van der Waals surface area contributed by atoms with E-state index in [0.29, 0.717) is 11.1 Å². The van der Waals surface area contributed by atoms with Crippen LogP contribution in [0.15, 0.2) is 24.3 Å². The van der Waals surface area contributed by atoms with Crippen LogP contribution in [0.4, 0.5) is 0 Å². The summed E-state index contributed by atoms with van der Waals surface area (Å²) in [4.78, 5) is 23.4. The first kappa shape index (κ1) is 13.6. The maximum atomic E-state index is 12.0. The van der Waals surface area contributed by atoms with Gasteiger partial charge in [-0.25, -0.2) is 9.59 Å². The van der Waals surface area contributed by atoms with Gasteiger partial charge < -0.3 is 9.47 Å². The molecule has 0 saturated heterocycles. The zero-order chi connectivity index (χ0) is 13.7. The smallest absolute Gasteiger partial charge is 0.338 e. The molecule has 1 aromatic rings. The minimum absolute atomic E-state index is 0.0167. The predicted molar refractivity (Wildman–Crippen MR) is 70.1 cm³/mol. The molecule has 0 amide bonds. The van der Waals surface area contributed by atoms with E-state index >= 15 is 0 Å². The molecule has 4 nitrogen and oxygen atoms in total. The fourth-order valence-electron chi connectivity index (χ4n) is 2.29. The first-order valence-electron chi connectivity index (χ1n) is 6.60. The Morgan fingerprint density at radius 1 is 1.05 bits per heavy atom. The average Bonchev–Trinajstić information content (AvgIpc) is 2.47. The fourth-order valence-corrected chi connectivity index (χ4v) is 2.29. The lowest BCUT2D eigenvalue weighted by atomic mass is 9.98. The second-order valence-electron chi connectivity index (χ2n) is 4.74. The van der Waals surface area contributed by atoms with E-state index in [-0.39, 0.29) is 12.1 Å². The molecule has 0 aromatic heterocycles. The molecule has 4 heteroatoms. The molecule has 1 aliphatic rings. The van der Waals surface area contributed by atoms with Gasteiger partial charge in [0.2, 0.25) is 0 Å². The van der Waals surface area contributed by atoms with Crippen molar-refractivity contribution in [1.82, 2.24) is 0 Å². The highest BCUT2D eigenvalue weighted by atomic mass is 16.5. The summed E-state index contributed by atoms with van der Waals surface area (Å²) < 4.78 is 10.1. The Balaban J connectivity index is 2.04. The maximum Gasteiger partial charge on any atom is 0.338 e. The number of rotatable bonds is 3. The van der Waals surface area contributed by atoms with Gasteiger partial charge in [0.25, 0.3) is 0 Å². The monoisotopic (exact) mass is 262 g/mol. The number of ether oxygens (including phenoxy) is 2.